The molecule has 18 nitrogen and oxygen atoms in total. The van der Waals surface area contributed by atoms with Gasteiger partial charge in [-0.3, -0.25) is 0 Å². The number of carbonyl (C=O) groups excluding carboxylic acids is 2. The van der Waals surface area contributed by atoms with Crippen molar-refractivity contribution in [2.75, 3.05) is 29.4 Å². The lowest BCUT2D eigenvalue weighted by Crippen LogP contribution is -2.39. The Balaban J connectivity index is 0.000000123. The molecule has 9 atom stereocenters. The van der Waals surface area contributed by atoms with Crippen LogP contribution in [0.1, 0.15) is 218 Å². The van der Waals surface area contributed by atoms with E-state index in [4.69, 9.17) is 42.4 Å². The van der Waals surface area contributed by atoms with E-state index in [-0.39, 0.29) is 46.8 Å². The van der Waals surface area contributed by atoms with Crippen molar-refractivity contribution in [2.24, 2.45) is 17.8 Å². The molecule has 111 heavy (non-hydrogen) atoms. The Hall–Kier alpha value is -8.93. The first-order chi connectivity index (χ1) is 53.3. The summed E-state index contributed by atoms with van der Waals surface area (Å²) in [5.74, 6) is 2.27. The maximum Gasteiger partial charge on any atom is 0.338 e. The van der Waals surface area contributed by atoms with Crippen molar-refractivity contribution < 1.29 is 69.9 Å². The first-order valence-corrected chi connectivity index (χ1v) is 40.0. The maximum absolute atomic E-state index is 15.1. The summed E-state index contributed by atoms with van der Waals surface area (Å²) in [6.45, 7) is 21.1. The molecule has 9 aliphatic rings. The zero-order chi connectivity index (χ0) is 77.7. The molecule has 0 radical (unpaired) electrons. The van der Waals surface area contributed by atoms with Crippen molar-refractivity contribution >= 4 is 45.2 Å². The molecular weight excluding hydrogens is 1480 g/mol. The number of hydrogen-bond donors (Lipinski definition) is 2. The number of anilines is 2. The number of carboxylic acid groups (broad SMARTS) is 1. The highest BCUT2D eigenvalue weighted by Gasteiger charge is 2.49. The summed E-state index contributed by atoms with van der Waals surface area (Å²) >= 11 is 3.01. The van der Waals surface area contributed by atoms with Gasteiger partial charge in [0.1, 0.15) is 63.0 Å². The smallest absolute Gasteiger partial charge is 0.338 e. The van der Waals surface area contributed by atoms with Crippen LogP contribution in [0.15, 0.2) is 145 Å². The molecule has 9 fully saturated rings. The lowest BCUT2D eigenvalue weighted by molar-refractivity contribution is 0.00566. The van der Waals surface area contributed by atoms with E-state index in [1.165, 1.54) is 65.8 Å². The molecule has 6 aliphatic carbocycles. The van der Waals surface area contributed by atoms with Crippen LogP contribution >= 0.6 is 15.9 Å². The summed E-state index contributed by atoms with van der Waals surface area (Å²) in [5.41, 5.74) is 13.2. The van der Waals surface area contributed by atoms with Gasteiger partial charge in [-0.05, 0) is 232 Å². The Bertz CT molecular complexity index is 4900. The first-order valence-electron chi connectivity index (χ1n) is 39.2. The molecule has 22 heteroatoms. The van der Waals surface area contributed by atoms with E-state index < -0.39 is 40.7 Å². The quantitative estimate of drug-likeness (QED) is 0.0679. The van der Waals surface area contributed by atoms with Crippen LogP contribution < -0.4 is 15.1 Å². The molecule has 0 amide bonds. The molecule has 3 aromatic heterocycles. The standard InChI is InChI=1S/C31H35FN2O4.C27H27FN2O4.C20H24N2O2.C11H12BrFO2/c1-18-7-5-6-8-23(18)28-24(29(38-33-28)19-9-10-19)17-36-27-15-22-13-21(27)16-34(22)26-12-11-20(14-25(26)32)30(35)37-31(2,3)4;1-15-4-2-3-5-20(15)25-21(26(34-29-25)16-6-7-16)14-33-24-12-19-10-18(24)13-30(19)23-9-8-17(27(31)32)11-22(23)28;1-12-4-2-3-5-16(12)19-17(20(24-22-19)13-6-7-13)11-23-18-9-15-8-14(18)10-21-15;1-11(2,3)15-10(14)7-4-5-8(12)9(13)6-7/h5-8,11-12,14,19,21-22,27H,9-10,13,15-17H2,1-4H3;2-5,8-9,11,16,18-19,24H,6-7,10,12-14H2,1H3,(H,31,32);2-5,13-15,18,21H,6-11H2,1H3;4-6H,1-3H3/t21-,22-,27+;18-,19-,24+;14-,15-,18+;/m000./s1. The molecule has 6 heterocycles. The van der Waals surface area contributed by atoms with Gasteiger partial charge in [0.25, 0.3) is 0 Å². The number of rotatable bonds is 20. The van der Waals surface area contributed by atoms with Crippen LogP contribution in [0, 0.1) is 56.0 Å². The minimum Gasteiger partial charge on any atom is -0.478 e. The zero-order valence-electron chi connectivity index (χ0n) is 64.5. The van der Waals surface area contributed by atoms with Crippen LogP contribution in [0.5, 0.6) is 0 Å². The minimum atomic E-state index is -1.12. The number of aryl methyl sites for hydroxylation is 3. The van der Waals surface area contributed by atoms with Gasteiger partial charge in [-0.25, -0.2) is 27.6 Å². The predicted molar refractivity (Wildman–Crippen MR) is 418 cm³/mol. The average Bonchev–Trinajstić information content (AvgIpc) is 1.63. The summed E-state index contributed by atoms with van der Waals surface area (Å²) in [6.07, 6.45) is 13.6. The van der Waals surface area contributed by atoms with Crippen molar-refractivity contribution in [3.63, 3.8) is 0 Å². The number of aromatic nitrogens is 3. The van der Waals surface area contributed by atoms with Crippen molar-refractivity contribution in [2.45, 2.75) is 225 Å². The van der Waals surface area contributed by atoms with E-state index in [1.54, 1.807) is 59.7 Å². The number of halogens is 4. The lowest BCUT2D eigenvalue weighted by Gasteiger charge is -2.33. The van der Waals surface area contributed by atoms with E-state index >= 15 is 4.39 Å². The monoisotopic (exact) mass is 1580 g/mol. The lowest BCUT2D eigenvalue weighted by atomic mass is 10.0. The van der Waals surface area contributed by atoms with Crippen LogP contribution in [-0.2, 0) is 43.5 Å². The molecule has 2 N–H and O–H groups in total. The minimum absolute atomic E-state index is 0.0311. The Kier molecular flexibility index (Phi) is 22.5. The van der Waals surface area contributed by atoms with Crippen LogP contribution in [0.2, 0.25) is 0 Å². The van der Waals surface area contributed by atoms with Gasteiger partial charge in [0.15, 0.2) is 0 Å². The highest BCUT2D eigenvalue weighted by molar-refractivity contribution is 9.10. The van der Waals surface area contributed by atoms with Crippen LogP contribution in [0.4, 0.5) is 24.5 Å². The second kappa shape index (κ2) is 32.3. The number of piperidine rings is 3. The van der Waals surface area contributed by atoms with Gasteiger partial charge in [0, 0.05) is 101 Å². The first kappa shape index (κ1) is 77.4. The molecule has 3 saturated heterocycles. The Labute approximate surface area is 654 Å². The molecule has 584 valence electrons. The molecular formula is C89H98BrF3N6O12. The van der Waals surface area contributed by atoms with E-state index in [0.717, 1.165) is 145 Å². The molecule has 18 rings (SSSR count). The number of ether oxygens (including phenoxy) is 5. The molecule has 9 aromatic rings. The topological polar surface area (TPSA) is 214 Å². The second-order valence-electron chi connectivity index (χ2n) is 33.6. The van der Waals surface area contributed by atoms with Gasteiger partial charge >= 0.3 is 17.9 Å². The van der Waals surface area contributed by atoms with Crippen molar-refractivity contribution in [3.05, 3.63) is 217 Å². The largest absolute Gasteiger partial charge is 0.478 e. The number of fused-ring (bicyclic) bond motifs is 6. The summed E-state index contributed by atoms with van der Waals surface area (Å²) < 4.78 is 90.4. The van der Waals surface area contributed by atoms with Gasteiger partial charge in [-0.1, -0.05) is 88.3 Å². The number of nitrogens with zero attached hydrogens (tertiary/aromatic N) is 5. The van der Waals surface area contributed by atoms with E-state index in [2.05, 4.69) is 116 Å². The second-order valence-corrected chi connectivity index (χ2v) is 34.5. The van der Waals surface area contributed by atoms with Gasteiger partial charge < -0.3 is 57.5 Å². The van der Waals surface area contributed by atoms with E-state index in [1.807, 2.05) is 24.3 Å². The van der Waals surface area contributed by atoms with Gasteiger partial charge in [-0.2, -0.15) is 0 Å². The number of nitrogens with one attached hydrogen (secondary N) is 1. The van der Waals surface area contributed by atoms with Crippen LogP contribution in [0.25, 0.3) is 33.8 Å². The summed E-state index contributed by atoms with van der Waals surface area (Å²) in [4.78, 5) is 39.2. The fourth-order valence-corrected chi connectivity index (χ4v) is 17.2. The van der Waals surface area contributed by atoms with Crippen LogP contribution in [0.3, 0.4) is 0 Å². The number of benzene rings is 6. The SMILES string of the molecule is CC(C)(C)OC(=O)c1ccc(Br)c(F)c1.Cc1ccccc1-c1noc(C2CC2)c1CO[C@@H]1C[C@@H]2C[C@H]1CN2.Cc1ccccc1-c1noc(C2CC2)c1CO[C@@H]1C[C@@H]2C[C@H]1CN2c1ccc(C(=O)O)cc1F.Cc1ccccc1-c1noc(C2CC2)c1CO[C@@H]1C[C@@H]2C[C@H]1CN2c1ccc(C(=O)OC(C)(C)C)cc1F. The third-order valence-electron chi connectivity index (χ3n) is 23.0. The highest BCUT2D eigenvalue weighted by atomic mass is 79.9. The van der Waals surface area contributed by atoms with Crippen LogP contribution in [-0.4, -0.2) is 106 Å². The summed E-state index contributed by atoms with van der Waals surface area (Å²) in [6, 6.07) is 38.9. The molecule has 3 aliphatic heterocycles. The Morgan fingerprint density at radius 3 is 1.18 bits per heavy atom. The van der Waals surface area contributed by atoms with Crippen molar-refractivity contribution in [1.82, 2.24) is 20.8 Å². The summed E-state index contributed by atoms with van der Waals surface area (Å²) in [7, 11) is 0. The molecule has 0 unspecified atom stereocenters. The maximum atomic E-state index is 15.1. The number of carboxylic acids is 1. The highest BCUT2D eigenvalue weighted by Crippen LogP contribution is 2.50. The third kappa shape index (κ3) is 17.7. The van der Waals surface area contributed by atoms with Gasteiger partial charge in [-0.15, -0.1) is 0 Å². The number of aromatic carboxylic acids is 1. The average molecular weight is 1580 g/mol. The fourth-order valence-electron chi connectivity index (χ4n) is 16.9. The van der Waals surface area contributed by atoms with Gasteiger partial charge in [0.05, 0.1) is 70.7 Å². The van der Waals surface area contributed by atoms with Gasteiger partial charge in [0.2, 0.25) is 0 Å². The van der Waals surface area contributed by atoms with E-state index in [9.17, 15) is 23.2 Å². The zero-order valence-corrected chi connectivity index (χ0v) is 66.1. The fraction of sp³-hybridized carbons (Fsp3) is 0.461. The Morgan fingerprint density at radius 2 is 0.856 bits per heavy atom. The van der Waals surface area contributed by atoms with Crippen molar-refractivity contribution in [3.8, 4) is 33.8 Å². The van der Waals surface area contributed by atoms with E-state index in [0.29, 0.717) is 89.9 Å². The van der Waals surface area contributed by atoms with Crippen molar-refractivity contribution in [1.29, 1.82) is 0 Å². The molecule has 0 spiro atoms. The number of carbonyl (C=O) groups is 3. The normalized spacial score (nSPS) is 22.7. The summed E-state index contributed by atoms with van der Waals surface area (Å²) in [5, 5.41) is 26.0. The predicted octanol–water partition coefficient (Wildman–Crippen LogP) is 19.7. The molecule has 6 bridgehead atoms. The number of esters is 2. The Morgan fingerprint density at radius 1 is 0.486 bits per heavy atom. The number of hydrogen-bond acceptors (Lipinski definition) is 17. The molecule has 6 aromatic carbocycles. The third-order valence-corrected chi connectivity index (χ3v) is 23.7. The molecule has 6 saturated carbocycles.